The summed E-state index contributed by atoms with van der Waals surface area (Å²) in [5.74, 6) is -6.05. The lowest BCUT2D eigenvalue weighted by molar-refractivity contribution is -0.174. The van der Waals surface area contributed by atoms with Gasteiger partial charge in [-0.1, -0.05) is 36.4 Å². The van der Waals surface area contributed by atoms with Gasteiger partial charge >= 0.3 is 11.9 Å². The van der Waals surface area contributed by atoms with Crippen LogP contribution in [0.5, 0.6) is 0 Å². The number of aryl methyl sites for hydroxylation is 1. The zero-order valence-corrected chi connectivity index (χ0v) is 12.7. The van der Waals surface area contributed by atoms with Gasteiger partial charge in [-0.25, -0.2) is 4.79 Å². The van der Waals surface area contributed by atoms with Crippen LogP contribution in [-0.4, -0.2) is 29.7 Å². The monoisotopic (exact) mass is 312 g/mol. The Hall–Kier alpha value is -1.75. The Labute approximate surface area is 129 Å². The Morgan fingerprint density at radius 3 is 2.59 bits per heavy atom. The zero-order valence-electron chi connectivity index (χ0n) is 12.7. The van der Waals surface area contributed by atoms with E-state index in [4.69, 9.17) is 0 Å². The summed E-state index contributed by atoms with van der Waals surface area (Å²) in [4.78, 5) is 11.2. The molecule has 0 aromatic heterocycles. The van der Waals surface area contributed by atoms with Gasteiger partial charge < -0.3 is 9.84 Å². The van der Waals surface area contributed by atoms with Crippen LogP contribution in [-0.2, 0) is 16.0 Å². The van der Waals surface area contributed by atoms with Crippen LogP contribution in [0.3, 0.4) is 0 Å². The maximum absolute atomic E-state index is 13.7. The summed E-state index contributed by atoms with van der Waals surface area (Å²) in [6, 6.07) is 9.45. The SMILES string of the molecule is C=C[C@@H](CC(F)(F)C(=O)OCC)[C@@H](O)CCc1ccccc1. The largest absolute Gasteiger partial charge is 0.462 e. The Morgan fingerprint density at radius 1 is 1.41 bits per heavy atom. The molecule has 0 fully saturated rings. The Bertz CT molecular complexity index is 474. The molecular weight excluding hydrogens is 290 g/mol. The van der Waals surface area contributed by atoms with Gasteiger partial charge in [-0.15, -0.1) is 6.58 Å². The van der Waals surface area contributed by atoms with Crippen LogP contribution in [0.2, 0.25) is 0 Å². The molecule has 0 amide bonds. The first-order valence-corrected chi connectivity index (χ1v) is 7.30. The quantitative estimate of drug-likeness (QED) is 0.562. The van der Waals surface area contributed by atoms with Gasteiger partial charge in [0.05, 0.1) is 12.7 Å². The molecule has 2 atom stereocenters. The maximum atomic E-state index is 13.7. The van der Waals surface area contributed by atoms with E-state index < -0.39 is 30.3 Å². The summed E-state index contributed by atoms with van der Waals surface area (Å²) >= 11 is 0. The van der Waals surface area contributed by atoms with Gasteiger partial charge in [0.1, 0.15) is 0 Å². The number of carbonyl (C=O) groups is 1. The molecule has 5 heteroatoms. The van der Waals surface area contributed by atoms with E-state index in [-0.39, 0.29) is 6.61 Å². The zero-order chi connectivity index (χ0) is 16.6. The smallest absolute Gasteiger partial charge is 0.376 e. The second-order valence-corrected chi connectivity index (χ2v) is 5.12. The van der Waals surface area contributed by atoms with E-state index in [9.17, 15) is 18.7 Å². The summed E-state index contributed by atoms with van der Waals surface area (Å²) in [7, 11) is 0. The molecule has 1 aromatic rings. The molecule has 0 unspecified atom stereocenters. The minimum atomic E-state index is -3.62. The van der Waals surface area contributed by atoms with Crippen LogP contribution in [0, 0.1) is 5.92 Å². The van der Waals surface area contributed by atoms with Crippen molar-refractivity contribution in [1.82, 2.24) is 0 Å². The van der Waals surface area contributed by atoms with E-state index in [1.54, 1.807) is 0 Å². The second-order valence-electron chi connectivity index (χ2n) is 5.12. The van der Waals surface area contributed by atoms with Gasteiger partial charge in [-0.2, -0.15) is 8.78 Å². The third kappa shape index (κ3) is 5.56. The Kier molecular flexibility index (Phi) is 7.18. The number of halogens is 2. The number of hydrogen-bond donors (Lipinski definition) is 1. The average Bonchev–Trinajstić information content (AvgIpc) is 2.51. The molecule has 0 spiro atoms. The highest BCUT2D eigenvalue weighted by Crippen LogP contribution is 2.29. The summed E-state index contributed by atoms with van der Waals surface area (Å²) < 4.78 is 31.8. The Balaban J connectivity index is 2.58. The molecular formula is C17H22F2O3. The van der Waals surface area contributed by atoms with Crippen LogP contribution >= 0.6 is 0 Å². The lowest BCUT2D eigenvalue weighted by Gasteiger charge is -2.23. The number of aliphatic hydroxyl groups is 1. The van der Waals surface area contributed by atoms with Crippen molar-refractivity contribution in [2.45, 2.75) is 38.2 Å². The first-order chi connectivity index (χ1) is 10.4. The molecule has 0 bridgehead atoms. The van der Waals surface area contributed by atoms with Crippen molar-refractivity contribution in [3.05, 3.63) is 48.6 Å². The van der Waals surface area contributed by atoms with Crippen LogP contribution in [0.1, 0.15) is 25.3 Å². The number of benzene rings is 1. The van der Waals surface area contributed by atoms with Crippen molar-refractivity contribution < 1.29 is 23.4 Å². The fraction of sp³-hybridized carbons (Fsp3) is 0.471. The standard InChI is InChI=1S/C17H22F2O3/c1-3-14(12-17(18,19)16(21)22-4-2)15(20)11-10-13-8-6-5-7-9-13/h3,5-9,14-15,20H,1,4,10-12H2,2H3/t14-,15-/m0/s1. The number of aliphatic hydroxyl groups excluding tert-OH is 1. The van der Waals surface area contributed by atoms with E-state index in [0.717, 1.165) is 5.56 Å². The van der Waals surface area contributed by atoms with Crippen molar-refractivity contribution >= 4 is 5.97 Å². The van der Waals surface area contributed by atoms with E-state index in [1.165, 1.54) is 13.0 Å². The molecule has 22 heavy (non-hydrogen) atoms. The lowest BCUT2D eigenvalue weighted by atomic mass is 9.91. The molecule has 0 saturated heterocycles. The predicted octanol–water partition coefficient (Wildman–Crippen LogP) is 3.37. The van der Waals surface area contributed by atoms with Crippen molar-refractivity contribution in [2.75, 3.05) is 6.61 Å². The van der Waals surface area contributed by atoms with Crippen LogP contribution in [0.4, 0.5) is 8.78 Å². The predicted molar refractivity (Wildman–Crippen MR) is 80.7 cm³/mol. The number of hydrogen-bond acceptors (Lipinski definition) is 3. The van der Waals surface area contributed by atoms with E-state index in [0.29, 0.717) is 12.8 Å². The third-order valence-electron chi connectivity index (χ3n) is 3.43. The molecule has 0 aliphatic rings. The Morgan fingerprint density at radius 2 is 2.05 bits per heavy atom. The van der Waals surface area contributed by atoms with E-state index in [2.05, 4.69) is 11.3 Å². The number of rotatable bonds is 9. The highest BCUT2D eigenvalue weighted by Gasteiger charge is 2.43. The van der Waals surface area contributed by atoms with Gasteiger partial charge in [0.15, 0.2) is 0 Å². The van der Waals surface area contributed by atoms with E-state index in [1.807, 2.05) is 30.3 Å². The van der Waals surface area contributed by atoms with Crippen LogP contribution < -0.4 is 0 Å². The number of esters is 1. The van der Waals surface area contributed by atoms with E-state index >= 15 is 0 Å². The fourth-order valence-electron chi connectivity index (χ4n) is 2.17. The molecule has 1 aromatic carbocycles. The summed E-state index contributed by atoms with van der Waals surface area (Å²) in [5, 5.41) is 10.1. The molecule has 0 heterocycles. The van der Waals surface area contributed by atoms with Crippen molar-refractivity contribution in [3.8, 4) is 0 Å². The third-order valence-corrected chi connectivity index (χ3v) is 3.43. The molecule has 3 nitrogen and oxygen atoms in total. The second kappa shape index (κ2) is 8.63. The molecule has 0 radical (unpaired) electrons. The topological polar surface area (TPSA) is 46.5 Å². The number of carbonyl (C=O) groups excluding carboxylic acids is 1. The fourth-order valence-corrected chi connectivity index (χ4v) is 2.17. The minimum Gasteiger partial charge on any atom is -0.462 e. The first kappa shape index (κ1) is 18.3. The lowest BCUT2D eigenvalue weighted by Crippen LogP contribution is -2.36. The first-order valence-electron chi connectivity index (χ1n) is 7.30. The summed E-state index contributed by atoms with van der Waals surface area (Å²) in [6.45, 7) is 4.84. The highest BCUT2D eigenvalue weighted by atomic mass is 19.3. The summed E-state index contributed by atoms with van der Waals surface area (Å²) in [5.41, 5.74) is 1.02. The van der Waals surface area contributed by atoms with Gasteiger partial charge in [-0.05, 0) is 25.3 Å². The summed E-state index contributed by atoms with van der Waals surface area (Å²) in [6.07, 6.45) is 0.364. The number of ether oxygens (including phenoxy) is 1. The average molecular weight is 312 g/mol. The van der Waals surface area contributed by atoms with Gasteiger partial charge in [0, 0.05) is 12.3 Å². The molecule has 1 N–H and O–H groups in total. The molecule has 0 saturated carbocycles. The maximum Gasteiger partial charge on any atom is 0.376 e. The van der Waals surface area contributed by atoms with Gasteiger partial charge in [0.25, 0.3) is 0 Å². The highest BCUT2D eigenvalue weighted by molar-refractivity contribution is 5.77. The molecule has 0 aliphatic heterocycles. The van der Waals surface area contributed by atoms with Crippen molar-refractivity contribution in [3.63, 3.8) is 0 Å². The number of alkyl halides is 2. The normalized spacial score (nSPS) is 14.2. The van der Waals surface area contributed by atoms with Crippen LogP contribution in [0.25, 0.3) is 0 Å². The molecule has 0 aliphatic carbocycles. The molecule has 1 rings (SSSR count). The minimum absolute atomic E-state index is 0.107. The van der Waals surface area contributed by atoms with Gasteiger partial charge in [-0.3, -0.25) is 0 Å². The van der Waals surface area contributed by atoms with Gasteiger partial charge in [0.2, 0.25) is 0 Å². The van der Waals surface area contributed by atoms with Crippen LogP contribution in [0.15, 0.2) is 43.0 Å². The molecule has 122 valence electrons. The van der Waals surface area contributed by atoms with Crippen molar-refractivity contribution in [1.29, 1.82) is 0 Å². The van der Waals surface area contributed by atoms with Crippen molar-refractivity contribution in [2.24, 2.45) is 5.92 Å².